The minimum Gasteiger partial charge on any atom is -0.494 e. The molecule has 2 saturated heterocycles. The topological polar surface area (TPSA) is 73.3 Å². The van der Waals surface area contributed by atoms with Gasteiger partial charge in [-0.15, -0.1) is 0 Å². The number of carboxylic acids is 1. The van der Waals surface area contributed by atoms with Crippen LogP contribution >= 0.6 is 0 Å². The Morgan fingerprint density at radius 3 is 2.56 bits per heavy atom. The molecule has 27 heavy (non-hydrogen) atoms. The van der Waals surface area contributed by atoms with Gasteiger partial charge < -0.3 is 24.5 Å². The van der Waals surface area contributed by atoms with E-state index in [1.54, 1.807) is 19.0 Å². The maximum atomic E-state index is 12.2. The van der Waals surface area contributed by atoms with Crippen molar-refractivity contribution in [1.82, 2.24) is 14.7 Å². The lowest BCUT2D eigenvalue weighted by Gasteiger charge is -2.27. The highest BCUT2D eigenvalue weighted by Gasteiger charge is 2.58. The minimum absolute atomic E-state index is 0.000492. The summed E-state index contributed by atoms with van der Waals surface area (Å²) in [6.45, 7) is 3.61. The van der Waals surface area contributed by atoms with Crippen molar-refractivity contribution in [3.8, 4) is 5.75 Å². The molecule has 2 atom stereocenters. The maximum absolute atomic E-state index is 12.2. The molecule has 1 aromatic rings. The van der Waals surface area contributed by atoms with Gasteiger partial charge in [0.2, 0.25) is 0 Å². The summed E-state index contributed by atoms with van der Waals surface area (Å²) in [5.74, 6) is 0.0969. The zero-order valence-corrected chi connectivity index (χ0v) is 16.1. The molecule has 2 heterocycles. The van der Waals surface area contributed by atoms with E-state index in [1.807, 2.05) is 30.3 Å². The van der Waals surface area contributed by atoms with E-state index in [-0.39, 0.29) is 11.9 Å². The number of ether oxygens (including phenoxy) is 1. The molecule has 0 aromatic heterocycles. The number of carbonyl (C=O) groups excluding carboxylic acids is 1. The summed E-state index contributed by atoms with van der Waals surface area (Å²) in [5, 5.41) is 9.87. The molecule has 7 heteroatoms. The van der Waals surface area contributed by atoms with Crippen LogP contribution in [0.15, 0.2) is 30.3 Å². The Hall–Kier alpha value is -2.28. The summed E-state index contributed by atoms with van der Waals surface area (Å²) in [6.07, 6.45) is 1.90. The van der Waals surface area contributed by atoms with Crippen LogP contribution in [0.5, 0.6) is 5.75 Å². The van der Waals surface area contributed by atoms with E-state index in [2.05, 4.69) is 4.90 Å². The number of aliphatic carboxylic acids is 1. The van der Waals surface area contributed by atoms with Crippen LogP contribution in [-0.4, -0.2) is 85.2 Å². The van der Waals surface area contributed by atoms with Crippen molar-refractivity contribution in [3.05, 3.63) is 30.3 Å². The Morgan fingerprint density at radius 2 is 1.93 bits per heavy atom. The lowest BCUT2D eigenvalue weighted by Crippen LogP contribution is -2.44. The van der Waals surface area contributed by atoms with Gasteiger partial charge >= 0.3 is 12.0 Å². The number of unbranched alkanes of at least 4 members (excludes halogenated alkanes) is 1. The van der Waals surface area contributed by atoms with E-state index < -0.39 is 11.4 Å². The lowest BCUT2D eigenvalue weighted by atomic mass is 9.81. The Balaban J connectivity index is 1.46. The fraction of sp³-hybridized carbons (Fsp3) is 0.600. The van der Waals surface area contributed by atoms with E-state index >= 15 is 0 Å². The molecule has 1 N–H and O–H groups in total. The van der Waals surface area contributed by atoms with Crippen LogP contribution in [0, 0.1) is 11.3 Å². The van der Waals surface area contributed by atoms with Crippen molar-refractivity contribution in [1.29, 1.82) is 0 Å². The van der Waals surface area contributed by atoms with Gasteiger partial charge in [0.15, 0.2) is 0 Å². The number of amides is 2. The molecule has 3 rings (SSSR count). The summed E-state index contributed by atoms with van der Waals surface area (Å²) in [5.41, 5.74) is -0.827. The molecule has 2 fully saturated rings. The number of benzene rings is 1. The first-order valence-corrected chi connectivity index (χ1v) is 9.52. The van der Waals surface area contributed by atoms with Crippen LogP contribution < -0.4 is 4.74 Å². The molecule has 2 aliphatic rings. The summed E-state index contributed by atoms with van der Waals surface area (Å²) in [4.78, 5) is 29.7. The number of nitrogens with zero attached hydrogens (tertiary/aromatic N) is 3. The number of carbonyl (C=O) groups is 2. The van der Waals surface area contributed by atoms with Gasteiger partial charge in [-0.3, -0.25) is 4.79 Å². The average molecular weight is 375 g/mol. The van der Waals surface area contributed by atoms with Crippen LogP contribution in [0.2, 0.25) is 0 Å². The van der Waals surface area contributed by atoms with Gasteiger partial charge in [0.05, 0.1) is 6.61 Å². The SMILES string of the molecule is CN(C)C(=O)N1C[C@H]2CN(CCCCOc3ccccc3)C[C@@]2(C(=O)O)C1. The highest BCUT2D eigenvalue weighted by Crippen LogP contribution is 2.43. The molecule has 0 aliphatic carbocycles. The molecular formula is C20H29N3O4. The quantitative estimate of drug-likeness (QED) is 0.737. The van der Waals surface area contributed by atoms with Gasteiger partial charge in [-0.1, -0.05) is 18.2 Å². The number of hydrogen-bond acceptors (Lipinski definition) is 4. The van der Waals surface area contributed by atoms with E-state index in [1.165, 1.54) is 4.90 Å². The number of urea groups is 1. The van der Waals surface area contributed by atoms with Crippen LogP contribution in [0.3, 0.4) is 0 Å². The molecule has 0 spiro atoms. The Bertz CT molecular complexity index is 666. The smallest absolute Gasteiger partial charge is 0.319 e. The normalized spacial score (nSPS) is 24.7. The molecule has 0 saturated carbocycles. The first-order valence-electron chi connectivity index (χ1n) is 9.52. The van der Waals surface area contributed by atoms with Crippen LogP contribution in [0.4, 0.5) is 4.79 Å². The van der Waals surface area contributed by atoms with Crippen molar-refractivity contribution in [2.24, 2.45) is 11.3 Å². The second-order valence-corrected chi connectivity index (χ2v) is 7.82. The second-order valence-electron chi connectivity index (χ2n) is 7.82. The fourth-order valence-electron chi connectivity index (χ4n) is 4.21. The van der Waals surface area contributed by atoms with E-state index in [0.29, 0.717) is 26.2 Å². The average Bonchev–Trinajstić information content (AvgIpc) is 3.16. The highest BCUT2D eigenvalue weighted by molar-refractivity contribution is 5.80. The van der Waals surface area contributed by atoms with Crippen molar-refractivity contribution in [3.63, 3.8) is 0 Å². The number of para-hydroxylation sites is 1. The predicted molar refractivity (Wildman–Crippen MR) is 102 cm³/mol. The molecule has 2 amide bonds. The van der Waals surface area contributed by atoms with Crippen molar-refractivity contribution in [2.45, 2.75) is 12.8 Å². The molecule has 148 valence electrons. The Labute approximate surface area is 160 Å². The van der Waals surface area contributed by atoms with Crippen LogP contribution in [0.1, 0.15) is 12.8 Å². The first kappa shape index (κ1) is 19.5. The van der Waals surface area contributed by atoms with Crippen molar-refractivity contribution < 1.29 is 19.4 Å². The third kappa shape index (κ3) is 4.18. The number of fused-ring (bicyclic) bond motifs is 1. The fourth-order valence-corrected chi connectivity index (χ4v) is 4.21. The van der Waals surface area contributed by atoms with Crippen molar-refractivity contribution >= 4 is 12.0 Å². The molecule has 0 radical (unpaired) electrons. The highest BCUT2D eigenvalue weighted by atomic mass is 16.5. The molecule has 2 aliphatic heterocycles. The molecule has 1 aromatic carbocycles. The van der Waals surface area contributed by atoms with Gasteiger partial charge in [0.1, 0.15) is 11.2 Å². The van der Waals surface area contributed by atoms with Gasteiger partial charge in [0.25, 0.3) is 0 Å². The molecule has 0 bridgehead atoms. The number of carboxylic acid groups (broad SMARTS) is 1. The third-order valence-corrected chi connectivity index (χ3v) is 5.64. The molecular weight excluding hydrogens is 346 g/mol. The third-order valence-electron chi connectivity index (χ3n) is 5.64. The second kappa shape index (κ2) is 8.17. The van der Waals surface area contributed by atoms with Gasteiger partial charge in [-0.25, -0.2) is 4.79 Å². The largest absolute Gasteiger partial charge is 0.494 e. The summed E-state index contributed by atoms with van der Waals surface area (Å²) < 4.78 is 5.70. The Morgan fingerprint density at radius 1 is 1.19 bits per heavy atom. The van der Waals surface area contributed by atoms with Gasteiger partial charge in [-0.2, -0.15) is 0 Å². The summed E-state index contributed by atoms with van der Waals surface area (Å²) in [7, 11) is 3.40. The van der Waals surface area contributed by atoms with Crippen LogP contribution in [0.25, 0.3) is 0 Å². The van der Waals surface area contributed by atoms with E-state index in [9.17, 15) is 14.7 Å². The van der Waals surface area contributed by atoms with E-state index in [0.717, 1.165) is 31.7 Å². The predicted octanol–water partition coefficient (Wildman–Crippen LogP) is 1.85. The number of hydrogen-bond donors (Lipinski definition) is 1. The lowest BCUT2D eigenvalue weighted by molar-refractivity contribution is -0.148. The zero-order chi connectivity index (χ0) is 19.4. The number of likely N-dealkylation sites (tertiary alicyclic amines) is 2. The molecule has 7 nitrogen and oxygen atoms in total. The minimum atomic E-state index is -0.827. The van der Waals surface area contributed by atoms with Crippen LogP contribution in [-0.2, 0) is 4.79 Å². The zero-order valence-electron chi connectivity index (χ0n) is 16.1. The Kier molecular flexibility index (Phi) is 5.89. The first-order chi connectivity index (χ1) is 12.9. The number of rotatable bonds is 7. The monoisotopic (exact) mass is 375 g/mol. The molecule has 0 unspecified atom stereocenters. The standard InChI is InChI=1S/C20H29N3O4/c1-21(2)19(26)23-13-16-12-22(14-20(16,15-23)18(24)25)10-6-7-11-27-17-8-4-3-5-9-17/h3-5,8-9,16H,6-7,10-15H2,1-2H3,(H,24,25)/t16-,20-/m1/s1. The summed E-state index contributed by atoms with van der Waals surface area (Å²) in [6, 6.07) is 9.65. The summed E-state index contributed by atoms with van der Waals surface area (Å²) >= 11 is 0. The van der Waals surface area contributed by atoms with Crippen molar-refractivity contribution in [2.75, 3.05) is 53.4 Å². The van der Waals surface area contributed by atoms with E-state index in [4.69, 9.17) is 4.74 Å². The van der Waals surface area contributed by atoms with Gasteiger partial charge in [-0.05, 0) is 31.5 Å². The van der Waals surface area contributed by atoms with Gasteiger partial charge in [0, 0.05) is 46.2 Å². The maximum Gasteiger partial charge on any atom is 0.319 e.